The van der Waals surface area contributed by atoms with Gasteiger partial charge in [0.15, 0.2) is 0 Å². The van der Waals surface area contributed by atoms with Gasteiger partial charge in [-0.3, -0.25) is 4.79 Å². The van der Waals surface area contributed by atoms with Gasteiger partial charge < -0.3 is 15.8 Å². The van der Waals surface area contributed by atoms with E-state index < -0.39 is 0 Å². The summed E-state index contributed by atoms with van der Waals surface area (Å²) in [7, 11) is 1.59. The van der Waals surface area contributed by atoms with E-state index in [1.807, 2.05) is 42.5 Å². The first-order chi connectivity index (χ1) is 10.1. The second-order valence-electron chi connectivity index (χ2n) is 4.96. The van der Waals surface area contributed by atoms with Crippen molar-refractivity contribution < 1.29 is 9.53 Å². The number of benzene rings is 2. The predicted octanol–water partition coefficient (Wildman–Crippen LogP) is 3.02. The Morgan fingerprint density at radius 1 is 1.10 bits per heavy atom. The topological polar surface area (TPSA) is 64.3 Å². The Balaban J connectivity index is 2.09. The minimum atomic E-state index is -0.107. The van der Waals surface area contributed by atoms with Gasteiger partial charge in [-0.15, -0.1) is 0 Å². The summed E-state index contributed by atoms with van der Waals surface area (Å²) < 4.78 is 5.25. The fourth-order valence-electron chi connectivity index (χ4n) is 2.17. The first-order valence-corrected chi connectivity index (χ1v) is 6.87. The van der Waals surface area contributed by atoms with E-state index in [0.717, 1.165) is 24.1 Å². The van der Waals surface area contributed by atoms with Crippen molar-refractivity contribution in [1.29, 1.82) is 0 Å². The van der Waals surface area contributed by atoms with Crippen LogP contribution in [0.1, 0.15) is 18.1 Å². The Hall–Kier alpha value is -2.49. The van der Waals surface area contributed by atoms with Crippen LogP contribution in [0.5, 0.6) is 5.75 Å². The fraction of sp³-hybridized carbons (Fsp3) is 0.235. The van der Waals surface area contributed by atoms with E-state index in [9.17, 15) is 4.79 Å². The predicted molar refractivity (Wildman–Crippen MR) is 85.6 cm³/mol. The Kier molecular flexibility index (Phi) is 4.82. The SMILES string of the molecule is COc1ccc(CCc2ccc(N)cc2)cc1NC(C)=O. The van der Waals surface area contributed by atoms with Crippen LogP contribution in [0.2, 0.25) is 0 Å². The number of hydrogen-bond acceptors (Lipinski definition) is 3. The van der Waals surface area contributed by atoms with E-state index in [2.05, 4.69) is 5.32 Å². The summed E-state index contributed by atoms with van der Waals surface area (Å²) >= 11 is 0. The number of nitrogen functional groups attached to an aromatic ring is 1. The zero-order chi connectivity index (χ0) is 15.2. The average Bonchev–Trinajstić information content (AvgIpc) is 2.46. The molecule has 2 rings (SSSR count). The van der Waals surface area contributed by atoms with Crippen molar-refractivity contribution in [2.45, 2.75) is 19.8 Å². The molecule has 2 aromatic rings. The minimum absolute atomic E-state index is 0.107. The number of methoxy groups -OCH3 is 1. The highest BCUT2D eigenvalue weighted by Crippen LogP contribution is 2.26. The molecule has 0 atom stereocenters. The van der Waals surface area contributed by atoms with Crippen molar-refractivity contribution in [2.75, 3.05) is 18.2 Å². The summed E-state index contributed by atoms with van der Waals surface area (Å²) in [5, 5.41) is 2.79. The third-order valence-electron chi connectivity index (χ3n) is 3.26. The molecule has 0 aliphatic heterocycles. The van der Waals surface area contributed by atoms with Crippen LogP contribution in [0.3, 0.4) is 0 Å². The molecule has 0 radical (unpaired) electrons. The van der Waals surface area contributed by atoms with E-state index >= 15 is 0 Å². The number of hydrogen-bond donors (Lipinski definition) is 2. The third-order valence-corrected chi connectivity index (χ3v) is 3.26. The number of rotatable bonds is 5. The van der Waals surface area contributed by atoms with Crippen molar-refractivity contribution in [3.05, 3.63) is 53.6 Å². The lowest BCUT2D eigenvalue weighted by Crippen LogP contribution is -2.07. The number of anilines is 2. The van der Waals surface area contributed by atoms with Gasteiger partial charge >= 0.3 is 0 Å². The van der Waals surface area contributed by atoms with Crippen LogP contribution in [0.4, 0.5) is 11.4 Å². The Labute approximate surface area is 124 Å². The average molecular weight is 284 g/mol. The number of aryl methyl sites for hydroxylation is 2. The Bertz CT molecular complexity index is 621. The molecule has 110 valence electrons. The molecular formula is C17H20N2O2. The second-order valence-corrected chi connectivity index (χ2v) is 4.96. The van der Waals surface area contributed by atoms with E-state index in [1.165, 1.54) is 12.5 Å². The van der Waals surface area contributed by atoms with Crippen molar-refractivity contribution >= 4 is 17.3 Å². The first kappa shape index (κ1) is 14.9. The number of nitrogens with two attached hydrogens (primary N) is 1. The monoisotopic (exact) mass is 284 g/mol. The van der Waals surface area contributed by atoms with Crippen molar-refractivity contribution in [2.24, 2.45) is 0 Å². The van der Waals surface area contributed by atoms with E-state index in [0.29, 0.717) is 11.4 Å². The minimum Gasteiger partial charge on any atom is -0.495 e. The molecule has 0 aromatic heterocycles. The molecule has 0 spiro atoms. The van der Waals surface area contributed by atoms with Gasteiger partial charge in [0.2, 0.25) is 5.91 Å². The van der Waals surface area contributed by atoms with Crippen molar-refractivity contribution in [3.63, 3.8) is 0 Å². The van der Waals surface area contributed by atoms with Crippen LogP contribution in [-0.4, -0.2) is 13.0 Å². The van der Waals surface area contributed by atoms with Crippen LogP contribution in [0.25, 0.3) is 0 Å². The lowest BCUT2D eigenvalue weighted by atomic mass is 10.0. The highest BCUT2D eigenvalue weighted by atomic mass is 16.5. The number of carbonyl (C=O) groups excluding carboxylic acids is 1. The molecule has 4 heteroatoms. The zero-order valence-electron chi connectivity index (χ0n) is 12.3. The van der Waals surface area contributed by atoms with Gasteiger partial charge in [0.1, 0.15) is 5.75 Å². The number of carbonyl (C=O) groups is 1. The van der Waals surface area contributed by atoms with Crippen LogP contribution >= 0.6 is 0 Å². The molecule has 0 bridgehead atoms. The van der Waals surface area contributed by atoms with Gasteiger partial charge in [-0.1, -0.05) is 18.2 Å². The van der Waals surface area contributed by atoms with E-state index in [4.69, 9.17) is 10.5 Å². The lowest BCUT2D eigenvalue weighted by molar-refractivity contribution is -0.114. The maximum absolute atomic E-state index is 11.2. The number of ether oxygens (including phenoxy) is 1. The Morgan fingerprint density at radius 2 is 1.71 bits per heavy atom. The molecule has 0 fully saturated rings. The smallest absolute Gasteiger partial charge is 0.221 e. The third kappa shape index (κ3) is 4.24. The summed E-state index contributed by atoms with van der Waals surface area (Å²) in [6.07, 6.45) is 1.81. The van der Waals surface area contributed by atoms with Gasteiger partial charge in [0.05, 0.1) is 12.8 Å². The molecule has 3 N–H and O–H groups in total. The largest absolute Gasteiger partial charge is 0.495 e. The molecule has 1 amide bonds. The highest BCUT2D eigenvalue weighted by molar-refractivity contribution is 5.90. The summed E-state index contributed by atoms with van der Waals surface area (Å²) in [5.74, 6) is 0.561. The molecular weight excluding hydrogens is 264 g/mol. The molecule has 2 aromatic carbocycles. The normalized spacial score (nSPS) is 10.2. The maximum atomic E-state index is 11.2. The quantitative estimate of drug-likeness (QED) is 0.829. The standard InChI is InChI=1S/C17H20N2O2/c1-12(20)19-16-11-14(7-10-17(16)21-2)4-3-13-5-8-15(18)9-6-13/h5-11H,3-4,18H2,1-2H3,(H,19,20). The summed E-state index contributed by atoms with van der Waals surface area (Å²) in [4.78, 5) is 11.2. The Morgan fingerprint density at radius 3 is 2.33 bits per heavy atom. The summed E-state index contributed by atoms with van der Waals surface area (Å²) in [5.41, 5.74) is 9.55. The molecule has 0 saturated carbocycles. The van der Waals surface area contributed by atoms with E-state index in [1.54, 1.807) is 7.11 Å². The maximum Gasteiger partial charge on any atom is 0.221 e. The summed E-state index contributed by atoms with van der Waals surface area (Å²) in [6.45, 7) is 1.49. The lowest BCUT2D eigenvalue weighted by Gasteiger charge is -2.11. The molecule has 0 heterocycles. The number of amides is 1. The zero-order valence-corrected chi connectivity index (χ0v) is 12.3. The van der Waals surface area contributed by atoms with Gasteiger partial charge in [0.25, 0.3) is 0 Å². The van der Waals surface area contributed by atoms with Gasteiger partial charge in [-0.25, -0.2) is 0 Å². The molecule has 4 nitrogen and oxygen atoms in total. The summed E-state index contributed by atoms with van der Waals surface area (Å²) in [6, 6.07) is 13.7. The first-order valence-electron chi connectivity index (χ1n) is 6.87. The molecule has 21 heavy (non-hydrogen) atoms. The molecule has 0 saturated heterocycles. The molecule has 0 aliphatic rings. The van der Waals surface area contributed by atoms with E-state index in [-0.39, 0.29) is 5.91 Å². The van der Waals surface area contributed by atoms with Gasteiger partial charge in [0, 0.05) is 12.6 Å². The molecule has 0 aliphatic carbocycles. The van der Waals surface area contributed by atoms with Crippen molar-refractivity contribution in [3.8, 4) is 5.75 Å². The molecule has 0 unspecified atom stereocenters. The van der Waals surface area contributed by atoms with Crippen LogP contribution in [-0.2, 0) is 17.6 Å². The van der Waals surface area contributed by atoms with Crippen LogP contribution < -0.4 is 15.8 Å². The van der Waals surface area contributed by atoms with Gasteiger partial charge in [-0.05, 0) is 48.2 Å². The van der Waals surface area contributed by atoms with Crippen LogP contribution in [0.15, 0.2) is 42.5 Å². The van der Waals surface area contributed by atoms with Gasteiger partial charge in [-0.2, -0.15) is 0 Å². The highest BCUT2D eigenvalue weighted by Gasteiger charge is 2.06. The van der Waals surface area contributed by atoms with Crippen molar-refractivity contribution in [1.82, 2.24) is 0 Å². The van der Waals surface area contributed by atoms with Crippen LogP contribution in [0, 0.1) is 0 Å². The number of nitrogens with one attached hydrogen (secondary N) is 1. The fourth-order valence-corrected chi connectivity index (χ4v) is 2.17. The second kappa shape index (κ2) is 6.79.